The molecule has 0 aliphatic carbocycles. The lowest BCUT2D eigenvalue weighted by Crippen LogP contribution is -2.39. The van der Waals surface area contributed by atoms with Gasteiger partial charge in [0.05, 0.1) is 13.7 Å². The van der Waals surface area contributed by atoms with Crippen LogP contribution in [0.15, 0.2) is 71.6 Å². The topological polar surface area (TPSA) is 75.7 Å². The number of rotatable bonds is 10. The Hall–Kier alpha value is -3.16. The van der Waals surface area contributed by atoms with Crippen molar-refractivity contribution in [2.75, 3.05) is 25.5 Å². The van der Waals surface area contributed by atoms with Gasteiger partial charge in [0.1, 0.15) is 10.6 Å². The highest BCUT2D eigenvalue weighted by atomic mass is 32.2. The Balaban J connectivity index is 1.94. The summed E-state index contributed by atoms with van der Waals surface area (Å²) in [4.78, 5) is 13.3. The van der Waals surface area contributed by atoms with Gasteiger partial charge >= 0.3 is 0 Å². The zero-order valence-corrected chi connectivity index (χ0v) is 21.9. The van der Waals surface area contributed by atoms with Crippen LogP contribution in [-0.2, 0) is 21.2 Å². The molecule has 0 fully saturated rings. The average Bonchev–Trinajstić information content (AvgIpc) is 2.83. The van der Waals surface area contributed by atoms with Gasteiger partial charge in [0, 0.05) is 12.2 Å². The quantitative estimate of drug-likeness (QED) is 0.415. The largest absolute Gasteiger partial charge is 0.495 e. The van der Waals surface area contributed by atoms with E-state index in [0.29, 0.717) is 6.42 Å². The van der Waals surface area contributed by atoms with Gasteiger partial charge < -0.3 is 10.1 Å². The van der Waals surface area contributed by atoms with E-state index < -0.39 is 10.0 Å². The van der Waals surface area contributed by atoms with Gasteiger partial charge in [-0.15, -0.1) is 0 Å². The number of hydrogen-bond donors (Lipinski definition) is 1. The van der Waals surface area contributed by atoms with Crippen LogP contribution in [0.5, 0.6) is 5.75 Å². The smallest absolute Gasteiger partial charge is 0.247 e. The first-order chi connectivity index (χ1) is 16.6. The number of benzene rings is 3. The highest BCUT2D eigenvalue weighted by Crippen LogP contribution is 2.29. The summed E-state index contributed by atoms with van der Waals surface area (Å²) in [6.45, 7) is 7.73. The molecule has 0 saturated heterocycles. The number of nitrogens with zero attached hydrogens (tertiary/aromatic N) is 1. The summed E-state index contributed by atoms with van der Waals surface area (Å²) in [5.74, 6) is 0.0749. The highest BCUT2D eigenvalue weighted by molar-refractivity contribution is 7.89. The van der Waals surface area contributed by atoms with Crippen molar-refractivity contribution in [2.45, 2.75) is 44.9 Å². The van der Waals surface area contributed by atoms with Gasteiger partial charge in [0.25, 0.3) is 0 Å². The van der Waals surface area contributed by atoms with Crippen LogP contribution in [0.25, 0.3) is 0 Å². The van der Waals surface area contributed by atoms with Crippen molar-refractivity contribution >= 4 is 21.6 Å². The van der Waals surface area contributed by atoms with Crippen LogP contribution in [-0.4, -0.2) is 38.8 Å². The van der Waals surface area contributed by atoms with Gasteiger partial charge in [-0.05, 0) is 60.6 Å². The molecular weight excluding hydrogens is 460 g/mol. The number of hydrogen-bond acceptors (Lipinski definition) is 4. The molecule has 0 bridgehead atoms. The lowest BCUT2D eigenvalue weighted by molar-refractivity contribution is -0.116. The van der Waals surface area contributed by atoms with Crippen LogP contribution in [0.1, 0.15) is 42.0 Å². The Morgan fingerprint density at radius 2 is 1.71 bits per heavy atom. The molecule has 0 aliphatic heterocycles. The van der Waals surface area contributed by atoms with E-state index in [1.807, 2.05) is 62.4 Å². The maximum Gasteiger partial charge on any atom is 0.247 e. The van der Waals surface area contributed by atoms with Gasteiger partial charge in [0.2, 0.25) is 15.9 Å². The first kappa shape index (κ1) is 26.4. The van der Waals surface area contributed by atoms with Crippen LogP contribution in [0.3, 0.4) is 0 Å². The average molecular weight is 495 g/mol. The van der Waals surface area contributed by atoms with Crippen molar-refractivity contribution in [1.29, 1.82) is 0 Å². The van der Waals surface area contributed by atoms with Crippen LogP contribution in [0, 0.1) is 13.8 Å². The lowest BCUT2D eigenvalue weighted by Gasteiger charge is -2.24. The summed E-state index contributed by atoms with van der Waals surface area (Å²) in [5, 5.41) is 2.98. The summed E-state index contributed by atoms with van der Waals surface area (Å²) in [6.07, 6.45) is 0.475. The molecule has 35 heavy (non-hydrogen) atoms. The van der Waals surface area contributed by atoms with Crippen LogP contribution in [0.4, 0.5) is 5.69 Å². The van der Waals surface area contributed by atoms with Crippen LogP contribution < -0.4 is 10.1 Å². The number of ether oxygens (including phenoxy) is 1. The number of carbonyl (C=O) groups excluding carboxylic acids is 1. The molecule has 0 saturated carbocycles. The number of para-hydroxylation sites is 1. The van der Waals surface area contributed by atoms with Crippen molar-refractivity contribution in [3.05, 3.63) is 89.0 Å². The minimum absolute atomic E-state index is 0.0552. The molecule has 3 aromatic rings. The van der Waals surface area contributed by atoms with Crippen molar-refractivity contribution in [3.8, 4) is 5.75 Å². The van der Waals surface area contributed by atoms with Crippen molar-refractivity contribution in [2.24, 2.45) is 0 Å². The van der Waals surface area contributed by atoms with Gasteiger partial charge in [-0.3, -0.25) is 4.79 Å². The normalized spacial score (nSPS) is 11.6. The van der Waals surface area contributed by atoms with E-state index in [9.17, 15) is 13.2 Å². The molecule has 1 amide bonds. The number of anilines is 1. The molecule has 0 atom stereocenters. The molecular formula is C28H34N2O4S. The van der Waals surface area contributed by atoms with Gasteiger partial charge in [0.15, 0.2) is 0 Å². The molecule has 0 aliphatic rings. The maximum atomic E-state index is 13.8. The fraction of sp³-hybridized carbons (Fsp3) is 0.321. The summed E-state index contributed by atoms with van der Waals surface area (Å²) < 4.78 is 34.2. The minimum Gasteiger partial charge on any atom is -0.495 e. The van der Waals surface area contributed by atoms with E-state index >= 15 is 0 Å². The number of carbonyl (C=O) groups is 1. The van der Waals surface area contributed by atoms with Crippen molar-refractivity contribution < 1.29 is 17.9 Å². The van der Waals surface area contributed by atoms with Crippen molar-refractivity contribution in [3.63, 3.8) is 0 Å². The number of aryl methyl sites for hydroxylation is 2. The Labute approximate surface area is 209 Å². The molecule has 0 spiro atoms. The Kier molecular flexibility index (Phi) is 8.70. The van der Waals surface area contributed by atoms with Gasteiger partial charge in [-0.25, -0.2) is 8.42 Å². The third-order valence-electron chi connectivity index (χ3n) is 5.94. The summed E-state index contributed by atoms with van der Waals surface area (Å²) in [5.41, 5.74) is 4.46. The molecule has 0 heterocycles. The van der Waals surface area contributed by atoms with Crippen LogP contribution in [0.2, 0.25) is 0 Å². The Morgan fingerprint density at radius 3 is 2.37 bits per heavy atom. The number of methoxy groups -OCH3 is 1. The lowest BCUT2D eigenvalue weighted by atomic mass is 9.98. The van der Waals surface area contributed by atoms with E-state index in [4.69, 9.17) is 4.74 Å². The second-order valence-electron chi connectivity index (χ2n) is 8.97. The molecule has 0 radical (unpaired) electrons. The predicted molar refractivity (Wildman–Crippen MR) is 141 cm³/mol. The first-order valence-electron chi connectivity index (χ1n) is 11.7. The monoisotopic (exact) mass is 494 g/mol. The number of amides is 1. The second-order valence-corrected chi connectivity index (χ2v) is 10.9. The third kappa shape index (κ3) is 6.50. The van der Waals surface area contributed by atoms with E-state index in [0.717, 1.165) is 27.9 Å². The molecule has 6 nitrogen and oxygen atoms in total. The fourth-order valence-corrected chi connectivity index (χ4v) is 5.63. The molecule has 7 heteroatoms. The standard InChI is InChI=1S/C28H34N2O4S/c1-20(2)24-13-9-10-22(4)28(24)29-27(31)19-30(17-16-23-11-7-6-8-12-23)35(32,33)26-18-21(3)14-15-25(26)34-5/h6-15,18,20H,16-17,19H2,1-5H3,(H,29,31). The molecule has 3 aromatic carbocycles. The van der Waals surface area contributed by atoms with E-state index in [1.54, 1.807) is 18.2 Å². The number of sulfonamides is 1. The first-order valence-corrected chi connectivity index (χ1v) is 13.2. The molecule has 1 N–H and O–H groups in total. The summed E-state index contributed by atoms with van der Waals surface area (Å²) in [6, 6.07) is 20.5. The minimum atomic E-state index is -4.01. The van der Waals surface area contributed by atoms with Crippen LogP contribution >= 0.6 is 0 Å². The maximum absolute atomic E-state index is 13.8. The van der Waals surface area contributed by atoms with Crippen molar-refractivity contribution in [1.82, 2.24) is 4.31 Å². The van der Waals surface area contributed by atoms with E-state index in [-0.39, 0.29) is 35.6 Å². The van der Waals surface area contributed by atoms with E-state index in [1.165, 1.54) is 11.4 Å². The predicted octanol–water partition coefficient (Wildman–Crippen LogP) is 5.31. The summed E-state index contributed by atoms with van der Waals surface area (Å²) >= 11 is 0. The van der Waals surface area contributed by atoms with E-state index in [2.05, 4.69) is 19.2 Å². The SMILES string of the molecule is COc1ccc(C)cc1S(=O)(=O)N(CCc1ccccc1)CC(=O)Nc1c(C)cccc1C(C)C. The Bertz CT molecular complexity index is 1270. The zero-order chi connectivity index (χ0) is 25.6. The molecule has 186 valence electrons. The molecule has 3 rings (SSSR count). The molecule has 0 unspecified atom stereocenters. The molecule has 0 aromatic heterocycles. The summed E-state index contributed by atoms with van der Waals surface area (Å²) in [7, 11) is -2.57. The van der Waals surface area contributed by atoms with Gasteiger partial charge in [-0.1, -0.05) is 68.4 Å². The number of nitrogens with one attached hydrogen (secondary N) is 1. The van der Waals surface area contributed by atoms with Gasteiger partial charge in [-0.2, -0.15) is 4.31 Å². The Morgan fingerprint density at radius 1 is 1.00 bits per heavy atom. The third-order valence-corrected chi connectivity index (χ3v) is 7.81. The fourth-order valence-electron chi connectivity index (χ4n) is 3.99. The second kappa shape index (κ2) is 11.5. The highest BCUT2D eigenvalue weighted by Gasteiger charge is 2.30. The zero-order valence-electron chi connectivity index (χ0n) is 21.0.